The molecule has 1 aliphatic rings. The van der Waals surface area contributed by atoms with Crippen molar-refractivity contribution in [3.05, 3.63) is 36.0 Å². The number of likely N-dealkylation sites (tertiary alicyclic amines) is 1. The Bertz CT molecular complexity index is 1030. The van der Waals surface area contributed by atoms with Gasteiger partial charge in [-0.2, -0.15) is 10.2 Å². The van der Waals surface area contributed by atoms with Gasteiger partial charge in [-0.25, -0.2) is 18.1 Å². The van der Waals surface area contributed by atoms with Crippen LogP contribution in [-0.2, 0) is 10.0 Å². The predicted octanol–water partition coefficient (Wildman–Crippen LogP) is 1.65. The summed E-state index contributed by atoms with van der Waals surface area (Å²) >= 11 is 0. The van der Waals surface area contributed by atoms with Crippen LogP contribution in [0.3, 0.4) is 0 Å². The van der Waals surface area contributed by atoms with Crippen LogP contribution in [0.15, 0.2) is 35.4 Å². The van der Waals surface area contributed by atoms with E-state index in [9.17, 15) is 13.5 Å². The average Bonchev–Trinajstić information content (AvgIpc) is 2.79. The number of hydrogen-bond acceptors (Lipinski definition) is 9. The fraction of sp³-hybridized carbons (Fsp3) is 0.476. The zero-order chi connectivity index (χ0) is 23.0. The lowest BCUT2D eigenvalue weighted by Crippen LogP contribution is -2.41. The van der Waals surface area contributed by atoms with E-state index >= 15 is 0 Å². The van der Waals surface area contributed by atoms with E-state index in [0.717, 1.165) is 25.9 Å². The Kier molecular flexibility index (Phi) is 8.35. The van der Waals surface area contributed by atoms with Crippen molar-refractivity contribution >= 4 is 27.5 Å². The van der Waals surface area contributed by atoms with Crippen LogP contribution in [0.2, 0.25) is 0 Å². The summed E-state index contributed by atoms with van der Waals surface area (Å²) in [7, 11) is -3.74. The van der Waals surface area contributed by atoms with E-state index in [4.69, 9.17) is 5.26 Å². The molecule has 32 heavy (non-hydrogen) atoms. The summed E-state index contributed by atoms with van der Waals surface area (Å²) in [5.41, 5.74) is 0.939. The maximum Gasteiger partial charge on any atom is 0.240 e. The highest BCUT2D eigenvalue weighted by molar-refractivity contribution is 7.89. The third-order valence-electron chi connectivity index (χ3n) is 5.10. The van der Waals surface area contributed by atoms with Gasteiger partial charge in [-0.1, -0.05) is 6.42 Å². The van der Waals surface area contributed by atoms with E-state index in [1.54, 1.807) is 12.1 Å². The number of nitriles is 1. The van der Waals surface area contributed by atoms with Crippen LogP contribution in [0.5, 0.6) is 0 Å². The highest BCUT2D eigenvalue weighted by Gasteiger charge is 2.19. The van der Waals surface area contributed by atoms with E-state index in [1.807, 2.05) is 13.0 Å². The van der Waals surface area contributed by atoms with Gasteiger partial charge in [0.2, 0.25) is 16.0 Å². The second-order valence-corrected chi connectivity index (χ2v) is 9.38. The first kappa shape index (κ1) is 23.9. The molecule has 0 aliphatic carbocycles. The molecule has 1 saturated heterocycles. The summed E-state index contributed by atoms with van der Waals surface area (Å²) in [6.07, 6.45) is 4.10. The van der Waals surface area contributed by atoms with Gasteiger partial charge >= 0.3 is 0 Å². The maximum absolute atomic E-state index is 12.6. The van der Waals surface area contributed by atoms with Crippen LogP contribution in [0.25, 0.3) is 0 Å². The Labute approximate surface area is 188 Å². The van der Waals surface area contributed by atoms with Gasteiger partial charge in [-0.3, -0.25) is 0 Å². The molecule has 1 unspecified atom stereocenters. The minimum atomic E-state index is -3.74. The van der Waals surface area contributed by atoms with Crippen LogP contribution < -0.4 is 15.4 Å². The second-order valence-electron chi connectivity index (χ2n) is 7.61. The molecular formula is C21H29N7O3S. The van der Waals surface area contributed by atoms with E-state index in [-0.39, 0.29) is 17.4 Å². The van der Waals surface area contributed by atoms with Crippen LogP contribution in [0.4, 0.5) is 17.5 Å². The number of sulfonamides is 1. The van der Waals surface area contributed by atoms with Crippen molar-refractivity contribution in [3.8, 4) is 6.07 Å². The number of aliphatic hydroxyl groups excluding tert-OH is 1. The van der Waals surface area contributed by atoms with E-state index in [2.05, 4.69) is 30.2 Å². The Morgan fingerprint density at radius 2 is 1.94 bits per heavy atom. The lowest BCUT2D eigenvalue weighted by Gasteiger charge is -2.28. The lowest BCUT2D eigenvalue weighted by atomic mass is 10.1. The smallest absolute Gasteiger partial charge is 0.240 e. The molecule has 11 heteroatoms. The first-order valence-electron chi connectivity index (χ1n) is 10.7. The van der Waals surface area contributed by atoms with Gasteiger partial charge in [-0.05, 0) is 57.1 Å². The number of rotatable bonds is 10. The molecule has 10 nitrogen and oxygen atoms in total. The van der Waals surface area contributed by atoms with Gasteiger partial charge < -0.3 is 20.6 Å². The van der Waals surface area contributed by atoms with Crippen LogP contribution in [0, 0.1) is 11.3 Å². The fourth-order valence-electron chi connectivity index (χ4n) is 3.47. The predicted molar refractivity (Wildman–Crippen MR) is 122 cm³/mol. The molecule has 1 aliphatic heterocycles. The standard InChI is InChI=1S/C21H29N7O3S/c1-2-23-20-16(12-22)13-24-21(27-20)26-17-6-8-19(9-7-17)32(30,31)25-14-18(29)15-28-10-4-3-5-11-28/h6-9,13,18,25,29H,2-5,10-11,14-15H2,1H3,(H2,23,24,26,27). The Morgan fingerprint density at radius 3 is 2.59 bits per heavy atom. The van der Waals surface area contributed by atoms with Crippen LogP contribution in [-0.4, -0.2) is 67.2 Å². The third kappa shape index (κ3) is 6.61. The minimum absolute atomic E-state index is 0.0366. The van der Waals surface area contributed by atoms with Crippen molar-refractivity contribution in [3.63, 3.8) is 0 Å². The lowest BCUT2D eigenvalue weighted by molar-refractivity contribution is 0.104. The molecule has 3 rings (SSSR count). The Balaban J connectivity index is 1.58. The molecular weight excluding hydrogens is 430 g/mol. The number of nitrogens with one attached hydrogen (secondary N) is 3. The summed E-state index contributed by atoms with van der Waals surface area (Å²) in [6.45, 7) is 4.82. The third-order valence-corrected chi connectivity index (χ3v) is 6.54. The van der Waals surface area contributed by atoms with Gasteiger partial charge in [-0.15, -0.1) is 0 Å². The molecule has 0 amide bonds. The molecule has 1 fully saturated rings. The largest absolute Gasteiger partial charge is 0.390 e. The van der Waals surface area contributed by atoms with E-state index in [1.165, 1.54) is 24.8 Å². The number of aliphatic hydroxyl groups is 1. The molecule has 1 aromatic heterocycles. The summed E-state index contributed by atoms with van der Waals surface area (Å²) in [4.78, 5) is 10.6. The number of anilines is 3. The number of nitrogens with zero attached hydrogens (tertiary/aromatic N) is 4. The van der Waals surface area contributed by atoms with Crippen LogP contribution in [0.1, 0.15) is 31.7 Å². The quantitative estimate of drug-likeness (QED) is 0.417. The first-order chi connectivity index (χ1) is 15.4. The van der Waals surface area contributed by atoms with Crippen LogP contribution >= 0.6 is 0 Å². The molecule has 0 saturated carbocycles. The second kappa shape index (κ2) is 11.2. The number of piperidine rings is 1. The molecule has 2 aromatic rings. The number of hydrogen-bond donors (Lipinski definition) is 4. The molecule has 1 aromatic carbocycles. The van der Waals surface area contributed by atoms with Crippen molar-refractivity contribution in [1.29, 1.82) is 5.26 Å². The van der Waals surface area contributed by atoms with Gasteiger partial charge in [0.1, 0.15) is 17.5 Å². The molecule has 0 spiro atoms. The van der Waals surface area contributed by atoms with Crippen molar-refractivity contribution in [2.45, 2.75) is 37.2 Å². The number of benzene rings is 1. The molecule has 4 N–H and O–H groups in total. The van der Waals surface area contributed by atoms with Crippen molar-refractivity contribution in [2.75, 3.05) is 43.4 Å². The monoisotopic (exact) mass is 459 g/mol. The average molecular weight is 460 g/mol. The maximum atomic E-state index is 12.6. The summed E-state index contributed by atoms with van der Waals surface area (Å²) < 4.78 is 27.6. The summed E-state index contributed by atoms with van der Waals surface area (Å²) in [5, 5.41) is 25.3. The normalized spacial score (nSPS) is 15.7. The van der Waals surface area contributed by atoms with Crippen molar-refractivity contribution in [2.24, 2.45) is 0 Å². The highest BCUT2D eigenvalue weighted by Crippen LogP contribution is 2.19. The molecule has 0 bridgehead atoms. The Morgan fingerprint density at radius 1 is 1.22 bits per heavy atom. The number of aromatic nitrogens is 2. The zero-order valence-corrected chi connectivity index (χ0v) is 18.9. The molecule has 1 atom stereocenters. The van der Waals surface area contributed by atoms with Gasteiger partial charge in [0, 0.05) is 25.3 Å². The Hall–Kier alpha value is -2.78. The van der Waals surface area contributed by atoms with Gasteiger partial charge in [0.05, 0.1) is 17.2 Å². The van der Waals surface area contributed by atoms with Gasteiger partial charge in [0.25, 0.3) is 0 Å². The first-order valence-corrected chi connectivity index (χ1v) is 12.2. The zero-order valence-electron chi connectivity index (χ0n) is 18.1. The molecule has 172 valence electrons. The summed E-state index contributed by atoms with van der Waals surface area (Å²) in [5.74, 6) is 0.716. The summed E-state index contributed by atoms with van der Waals surface area (Å²) in [6, 6.07) is 8.17. The molecule has 0 radical (unpaired) electrons. The van der Waals surface area contributed by atoms with Crippen molar-refractivity contribution < 1.29 is 13.5 Å². The fourth-order valence-corrected chi connectivity index (χ4v) is 4.54. The number of β-amino-alcohol motifs (C(OH)–C–C–N with tert-alkyl or cyclic N) is 1. The van der Waals surface area contributed by atoms with E-state index < -0.39 is 16.1 Å². The van der Waals surface area contributed by atoms with Crippen molar-refractivity contribution in [1.82, 2.24) is 19.6 Å². The molecule has 2 heterocycles. The topological polar surface area (TPSA) is 143 Å². The van der Waals surface area contributed by atoms with Gasteiger partial charge in [0.15, 0.2) is 0 Å². The minimum Gasteiger partial charge on any atom is -0.390 e. The highest BCUT2D eigenvalue weighted by atomic mass is 32.2. The van der Waals surface area contributed by atoms with E-state index in [0.29, 0.717) is 30.2 Å². The SMILES string of the molecule is CCNc1nc(Nc2ccc(S(=O)(=O)NCC(O)CN3CCCCC3)cc2)ncc1C#N.